The second kappa shape index (κ2) is 6.21. The van der Waals surface area contributed by atoms with Gasteiger partial charge >= 0.3 is 0 Å². The van der Waals surface area contributed by atoms with E-state index in [4.69, 9.17) is 5.73 Å². The number of nitrogens with zero attached hydrogens (tertiary/aromatic N) is 1. The monoisotopic (exact) mass is 112 g/mol. The molecule has 0 rings (SSSR count). The fraction of sp³-hybridized carbons (Fsp3) is 0.500. The van der Waals surface area contributed by atoms with E-state index in [1.54, 1.807) is 12.3 Å². The third-order valence-corrected chi connectivity index (χ3v) is 0.655. The fourth-order valence-electron chi connectivity index (χ4n) is 0.314. The molecule has 8 heavy (non-hydrogen) atoms. The number of hydrogen-bond donors (Lipinski definition) is 1. The average Bonchev–Trinajstić information content (AvgIpc) is 1.81. The van der Waals surface area contributed by atoms with E-state index in [2.05, 4.69) is 11.9 Å². The molecule has 0 radical (unpaired) electrons. The normalized spacial score (nSPS) is 11.6. The number of aliphatic imine (C=N–C) groups is 1. The zero-order valence-electron chi connectivity index (χ0n) is 5.17. The summed E-state index contributed by atoms with van der Waals surface area (Å²) in [5.41, 5.74) is 5.04. The first-order valence-electron chi connectivity index (χ1n) is 2.78. The van der Waals surface area contributed by atoms with E-state index >= 15 is 0 Å². The van der Waals surface area contributed by atoms with Gasteiger partial charge in [-0.05, 0) is 18.7 Å². The summed E-state index contributed by atoms with van der Waals surface area (Å²) in [6.07, 6.45) is 5.99. The zero-order valence-corrected chi connectivity index (χ0v) is 5.17. The predicted molar refractivity (Wildman–Crippen MR) is 37.0 cm³/mol. The second-order valence-electron chi connectivity index (χ2n) is 1.44. The standard InChI is InChI=1S/C6H12N2/c1-2-5-8-6-3-4-7/h3-4,6H,2,5,7H2,1H3/b4-3-,8-6-. The Morgan fingerprint density at radius 2 is 2.38 bits per heavy atom. The molecule has 0 aromatic heterocycles. The van der Waals surface area contributed by atoms with E-state index in [9.17, 15) is 0 Å². The number of hydrogen-bond acceptors (Lipinski definition) is 2. The van der Waals surface area contributed by atoms with Crippen molar-refractivity contribution in [3.63, 3.8) is 0 Å². The topological polar surface area (TPSA) is 38.4 Å². The largest absolute Gasteiger partial charge is 0.405 e. The Bertz CT molecular complexity index is 84.5. The highest BCUT2D eigenvalue weighted by atomic mass is 14.7. The van der Waals surface area contributed by atoms with E-state index in [1.807, 2.05) is 0 Å². The van der Waals surface area contributed by atoms with Gasteiger partial charge in [0.2, 0.25) is 0 Å². The lowest BCUT2D eigenvalue weighted by atomic mass is 10.5. The van der Waals surface area contributed by atoms with Gasteiger partial charge in [-0.15, -0.1) is 0 Å². The van der Waals surface area contributed by atoms with Crippen LogP contribution in [0.2, 0.25) is 0 Å². The van der Waals surface area contributed by atoms with E-state index in [1.165, 1.54) is 6.20 Å². The van der Waals surface area contributed by atoms with Crippen LogP contribution in [-0.2, 0) is 0 Å². The summed E-state index contributed by atoms with van der Waals surface area (Å²) >= 11 is 0. The Morgan fingerprint density at radius 1 is 1.62 bits per heavy atom. The Kier molecular flexibility index (Phi) is 5.60. The molecule has 0 atom stereocenters. The van der Waals surface area contributed by atoms with Crippen molar-refractivity contribution in [3.8, 4) is 0 Å². The van der Waals surface area contributed by atoms with Crippen molar-refractivity contribution in [1.29, 1.82) is 0 Å². The van der Waals surface area contributed by atoms with Crippen molar-refractivity contribution in [2.45, 2.75) is 13.3 Å². The minimum atomic E-state index is 0.893. The van der Waals surface area contributed by atoms with Crippen LogP contribution >= 0.6 is 0 Å². The van der Waals surface area contributed by atoms with Gasteiger partial charge in [0.25, 0.3) is 0 Å². The maximum absolute atomic E-state index is 5.04. The quantitative estimate of drug-likeness (QED) is 0.542. The molecule has 0 bridgehead atoms. The first-order chi connectivity index (χ1) is 3.91. The van der Waals surface area contributed by atoms with Crippen LogP contribution in [0, 0.1) is 0 Å². The molecule has 0 aromatic rings. The lowest BCUT2D eigenvalue weighted by molar-refractivity contribution is 0.937. The third kappa shape index (κ3) is 5.21. The molecule has 2 N–H and O–H groups in total. The van der Waals surface area contributed by atoms with Gasteiger partial charge in [-0.1, -0.05) is 6.92 Å². The third-order valence-electron chi connectivity index (χ3n) is 0.655. The van der Waals surface area contributed by atoms with Crippen LogP contribution in [-0.4, -0.2) is 12.8 Å². The number of allylic oxidation sites excluding steroid dienone is 1. The molecule has 2 heteroatoms. The minimum Gasteiger partial charge on any atom is -0.405 e. The van der Waals surface area contributed by atoms with Crippen LogP contribution in [0.3, 0.4) is 0 Å². The van der Waals surface area contributed by atoms with Crippen LogP contribution in [0.5, 0.6) is 0 Å². The molecule has 0 saturated carbocycles. The molecule has 0 spiro atoms. The van der Waals surface area contributed by atoms with E-state index < -0.39 is 0 Å². The molecule has 0 aliphatic rings. The van der Waals surface area contributed by atoms with Gasteiger partial charge in [0.15, 0.2) is 0 Å². The van der Waals surface area contributed by atoms with Crippen molar-refractivity contribution in [3.05, 3.63) is 12.3 Å². The van der Waals surface area contributed by atoms with E-state index in [-0.39, 0.29) is 0 Å². The molecule has 0 unspecified atom stereocenters. The average molecular weight is 112 g/mol. The summed E-state index contributed by atoms with van der Waals surface area (Å²) in [6.45, 7) is 2.98. The molecule has 0 aromatic carbocycles. The molecule has 0 heterocycles. The van der Waals surface area contributed by atoms with Crippen LogP contribution in [0.4, 0.5) is 0 Å². The summed E-state index contributed by atoms with van der Waals surface area (Å²) in [4.78, 5) is 3.99. The molecular weight excluding hydrogens is 100 g/mol. The van der Waals surface area contributed by atoms with Gasteiger partial charge in [-0.25, -0.2) is 0 Å². The van der Waals surface area contributed by atoms with Gasteiger partial charge < -0.3 is 5.73 Å². The lowest BCUT2D eigenvalue weighted by Gasteiger charge is -1.79. The SMILES string of the molecule is CCC/N=C\C=C/N. The lowest BCUT2D eigenvalue weighted by Crippen LogP contribution is -1.78. The second-order valence-corrected chi connectivity index (χ2v) is 1.44. The van der Waals surface area contributed by atoms with Gasteiger partial charge in [-0.3, -0.25) is 4.99 Å². The Hall–Kier alpha value is -0.790. The number of rotatable bonds is 3. The summed E-state index contributed by atoms with van der Waals surface area (Å²) in [5, 5.41) is 0. The minimum absolute atomic E-state index is 0.893. The highest BCUT2D eigenvalue weighted by molar-refractivity contribution is 5.70. The Balaban J connectivity index is 3.07. The van der Waals surface area contributed by atoms with Crippen molar-refractivity contribution >= 4 is 6.21 Å². The van der Waals surface area contributed by atoms with Crippen LogP contribution in [0.1, 0.15) is 13.3 Å². The molecule has 0 aliphatic heterocycles. The first-order valence-corrected chi connectivity index (χ1v) is 2.78. The predicted octanol–water partition coefficient (Wildman–Crippen LogP) is 0.940. The summed E-state index contributed by atoms with van der Waals surface area (Å²) in [6, 6.07) is 0. The molecule has 46 valence electrons. The Labute approximate surface area is 50.1 Å². The first kappa shape index (κ1) is 7.21. The smallest absolute Gasteiger partial charge is 0.0386 e. The van der Waals surface area contributed by atoms with Gasteiger partial charge in [0.1, 0.15) is 0 Å². The highest BCUT2D eigenvalue weighted by Gasteiger charge is 1.67. The van der Waals surface area contributed by atoms with E-state index in [0.717, 1.165) is 13.0 Å². The molecule has 0 amide bonds. The highest BCUT2D eigenvalue weighted by Crippen LogP contribution is 1.74. The summed E-state index contributed by atoms with van der Waals surface area (Å²) in [5.74, 6) is 0. The fourth-order valence-corrected chi connectivity index (χ4v) is 0.314. The molecular formula is C6H12N2. The van der Waals surface area contributed by atoms with E-state index in [0.29, 0.717) is 0 Å². The Morgan fingerprint density at radius 3 is 2.88 bits per heavy atom. The molecule has 0 aliphatic carbocycles. The van der Waals surface area contributed by atoms with Crippen LogP contribution in [0.25, 0.3) is 0 Å². The van der Waals surface area contributed by atoms with Crippen LogP contribution < -0.4 is 5.73 Å². The molecule has 0 saturated heterocycles. The van der Waals surface area contributed by atoms with Crippen molar-refractivity contribution < 1.29 is 0 Å². The van der Waals surface area contributed by atoms with Gasteiger partial charge in [0.05, 0.1) is 0 Å². The van der Waals surface area contributed by atoms with Gasteiger partial charge in [0, 0.05) is 12.8 Å². The zero-order chi connectivity index (χ0) is 6.24. The van der Waals surface area contributed by atoms with Crippen molar-refractivity contribution in [2.75, 3.05) is 6.54 Å². The van der Waals surface area contributed by atoms with Crippen molar-refractivity contribution in [1.82, 2.24) is 0 Å². The van der Waals surface area contributed by atoms with Gasteiger partial charge in [-0.2, -0.15) is 0 Å². The van der Waals surface area contributed by atoms with Crippen LogP contribution in [0.15, 0.2) is 17.3 Å². The maximum Gasteiger partial charge on any atom is 0.0386 e. The summed E-state index contributed by atoms with van der Waals surface area (Å²) in [7, 11) is 0. The summed E-state index contributed by atoms with van der Waals surface area (Å²) < 4.78 is 0. The molecule has 2 nitrogen and oxygen atoms in total. The maximum atomic E-state index is 5.04. The van der Waals surface area contributed by atoms with Crippen molar-refractivity contribution in [2.24, 2.45) is 10.7 Å². The molecule has 0 fully saturated rings. The number of nitrogens with two attached hydrogens (primary N) is 1.